The van der Waals surface area contributed by atoms with Crippen LogP contribution in [0.3, 0.4) is 0 Å². The number of aliphatic imine (C=N–C) groups is 2. The van der Waals surface area contributed by atoms with Gasteiger partial charge < -0.3 is 10.2 Å². The first-order valence-corrected chi connectivity index (χ1v) is 3.38. The Morgan fingerprint density at radius 3 is 2.25 bits per heavy atom. The zero-order chi connectivity index (χ0) is 8.95. The molecule has 0 aromatic rings. The summed E-state index contributed by atoms with van der Waals surface area (Å²) < 4.78 is 0. The SMILES string of the molecule is CN=CC=NCCCO.CO.[Pt]. The van der Waals surface area contributed by atoms with Gasteiger partial charge in [-0.2, -0.15) is 0 Å². The molecular weight excluding hydrogens is 339 g/mol. The van der Waals surface area contributed by atoms with E-state index in [9.17, 15) is 0 Å². The van der Waals surface area contributed by atoms with Gasteiger partial charge in [-0.05, 0) is 6.42 Å². The van der Waals surface area contributed by atoms with Crippen molar-refractivity contribution in [3.05, 3.63) is 0 Å². The molecule has 0 aliphatic heterocycles. The van der Waals surface area contributed by atoms with Crippen molar-refractivity contribution in [2.24, 2.45) is 9.98 Å². The summed E-state index contributed by atoms with van der Waals surface area (Å²) in [6.45, 7) is 0.892. The van der Waals surface area contributed by atoms with Crippen LogP contribution in [0.4, 0.5) is 0 Å². The topological polar surface area (TPSA) is 65.2 Å². The molecule has 0 aliphatic rings. The Hall–Kier alpha value is -0.0517. The van der Waals surface area contributed by atoms with E-state index in [0.717, 1.165) is 13.5 Å². The number of nitrogens with zero attached hydrogens (tertiary/aromatic N) is 2. The molecule has 0 aromatic heterocycles. The molecule has 0 heterocycles. The predicted octanol–water partition coefficient (Wildman–Crippen LogP) is -0.254. The Morgan fingerprint density at radius 2 is 1.83 bits per heavy atom. The van der Waals surface area contributed by atoms with Crippen LogP contribution in [-0.4, -0.2) is 50.0 Å². The predicted molar refractivity (Wildman–Crippen MR) is 47.6 cm³/mol. The second-order valence-corrected chi connectivity index (χ2v) is 1.54. The average molecular weight is 355 g/mol. The molecule has 0 saturated carbocycles. The minimum Gasteiger partial charge on any atom is -0.400 e. The summed E-state index contributed by atoms with van der Waals surface area (Å²) in [6, 6.07) is 0. The van der Waals surface area contributed by atoms with Crippen LogP contribution in [0, 0.1) is 0 Å². The molecule has 0 amide bonds. The smallest absolute Gasteiger partial charge is 0.0448 e. The number of hydrogen-bond donors (Lipinski definition) is 2. The summed E-state index contributed by atoms with van der Waals surface area (Å²) in [7, 11) is 2.69. The molecule has 76 valence electrons. The van der Waals surface area contributed by atoms with Crippen molar-refractivity contribution in [1.29, 1.82) is 0 Å². The fourth-order valence-electron chi connectivity index (χ4n) is 0.350. The fraction of sp³-hybridized carbons (Fsp3) is 0.714. The van der Waals surface area contributed by atoms with Crippen LogP contribution >= 0.6 is 0 Å². The van der Waals surface area contributed by atoms with E-state index in [-0.39, 0.29) is 27.7 Å². The van der Waals surface area contributed by atoms with Crippen molar-refractivity contribution < 1.29 is 31.3 Å². The van der Waals surface area contributed by atoms with Gasteiger partial charge in [0.1, 0.15) is 0 Å². The third kappa shape index (κ3) is 22.5. The van der Waals surface area contributed by atoms with E-state index in [0.29, 0.717) is 6.54 Å². The van der Waals surface area contributed by atoms with Crippen LogP contribution in [0.5, 0.6) is 0 Å². The maximum absolute atomic E-state index is 8.32. The van der Waals surface area contributed by atoms with Crippen LogP contribution in [0.25, 0.3) is 0 Å². The Kier molecular flexibility index (Phi) is 33.5. The molecule has 0 aromatic carbocycles. The number of aliphatic hydroxyl groups excluding tert-OH is 2. The van der Waals surface area contributed by atoms with Crippen LogP contribution in [0.15, 0.2) is 9.98 Å². The molecule has 5 heteroatoms. The number of rotatable bonds is 4. The van der Waals surface area contributed by atoms with Crippen molar-refractivity contribution in [3.63, 3.8) is 0 Å². The number of aliphatic hydroxyl groups is 2. The van der Waals surface area contributed by atoms with E-state index in [1.807, 2.05) is 0 Å². The summed E-state index contributed by atoms with van der Waals surface area (Å²) in [4.78, 5) is 7.61. The fourth-order valence-corrected chi connectivity index (χ4v) is 0.350. The molecule has 2 N–H and O–H groups in total. The molecule has 0 rings (SSSR count). The molecule has 0 unspecified atom stereocenters. The van der Waals surface area contributed by atoms with E-state index in [1.165, 1.54) is 0 Å². The third-order valence-electron chi connectivity index (χ3n) is 0.766. The second-order valence-electron chi connectivity index (χ2n) is 1.54. The van der Waals surface area contributed by atoms with Crippen molar-refractivity contribution in [2.45, 2.75) is 6.42 Å². The monoisotopic (exact) mass is 355 g/mol. The summed E-state index contributed by atoms with van der Waals surface area (Å²) in [6.07, 6.45) is 3.99. The van der Waals surface area contributed by atoms with E-state index in [1.54, 1.807) is 19.5 Å². The van der Waals surface area contributed by atoms with Gasteiger partial charge in [-0.1, -0.05) is 0 Å². The average Bonchev–Trinajstić information content (AvgIpc) is 2.08. The molecule has 12 heavy (non-hydrogen) atoms. The normalized spacial score (nSPS) is 9.33. The van der Waals surface area contributed by atoms with Gasteiger partial charge in [-0.25, -0.2) is 0 Å². The van der Waals surface area contributed by atoms with Gasteiger partial charge in [0.05, 0.1) is 0 Å². The van der Waals surface area contributed by atoms with Crippen LogP contribution in [0.1, 0.15) is 6.42 Å². The van der Waals surface area contributed by atoms with Gasteiger partial charge in [-0.15, -0.1) is 0 Å². The van der Waals surface area contributed by atoms with E-state index in [4.69, 9.17) is 10.2 Å². The van der Waals surface area contributed by atoms with Crippen LogP contribution in [0.2, 0.25) is 0 Å². The van der Waals surface area contributed by atoms with Crippen LogP contribution in [-0.2, 0) is 21.1 Å². The summed E-state index contributed by atoms with van der Waals surface area (Å²) >= 11 is 0. The second kappa shape index (κ2) is 22.4. The van der Waals surface area contributed by atoms with Gasteiger partial charge in [0.15, 0.2) is 0 Å². The van der Waals surface area contributed by atoms with Crippen molar-refractivity contribution >= 4 is 12.4 Å². The zero-order valence-electron chi connectivity index (χ0n) is 7.38. The molecular formula is C7H16N2O2Pt. The first-order chi connectivity index (χ1) is 5.41. The van der Waals surface area contributed by atoms with Crippen molar-refractivity contribution in [1.82, 2.24) is 0 Å². The van der Waals surface area contributed by atoms with Gasteiger partial charge in [-0.3, -0.25) is 9.98 Å². The summed E-state index contributed by atoms with van der Waals surface area (Å²) in [5.41, 5.74) is 0. The van der Waals surface area contributed by atoms with Gasteiger partial charge >= 0.3 is 0 Å². The molecule has 0 radical (unpaired) electrons. The standard InChI is InChI=1S/C6H12N2O.CH4O.Pt/c1-7-4-5-8-3-2-6-9;1-2;/h4-5,9H,2-3,6H2,1H3;2H,1H3;. The maximum Gasteiger partial charge on any atom is 0.0448 e. The van der Waals surface area contributed by atoms with E-state index >= 15 is 0 Å². The Bertz CT molecular complexity index is 108. The largest absolute Gasteiger partial charge is 0.400 e. The maximum atomic E-state index is 8.32. The zero-order valence-corrected chi connectivity index (χ0v) is 9.65. The molecule has 0 atom stereocenters. The quantitative estimate of drug-likeness (QED) is 0.539. The molecule has 0 bridgehead atoms. The van der Waals surface area contributed by atoms with E-state index < -0.39 is 0 Å². The van der Waals surface area contributed by atoms with E-state index in [2.05, 4.69) is 9.98 Å². The van der Waals surface area contributed by atoms with Gasteiger partial charge in [0, 0.05) is 60.8 Å². The minimum absolute atomic E-state index is 0. The number of hydrogen-bond acceptors (Lipinski definition) is 4. The first-order valence-electron chi connectivity index (χ1n) is 3.38. The van der Waals surface area contributed by atoms with Gasteiger partial charge in [0.2, 0.25) is 0 Å². The first kappa shape index (κ1) is 17.9. The molecule has 0 aliphatic carbocycles. The Balaban J connectivity index is -0.000000249. The molecule has 0 fully saturated rings. The summed E-state index contributed by atoms with van der Waals surface area (Å²) in [5.74, 6) is 0. The molecule has 0 saturated heterocycles. The van der Waals surface area contributed by atoms with Gasteiger partial charge in [0.25, 0.3) is 0 Å². The van der Waals surface area contributed by atoms with Crippen molar-refractivity contribution in [2.75, 3.05) is 27.3 Å². The Morgan fingerprint density at radius 1 is 1.25 bits per heavy atom. The van der Waals surface area contributed by atoms with Crippen molar-refractivity contribution in [3.8, 4) is 0 Å². The minimum atomic E-state index is 0. The summed E-state index contributed by atoms with van der Waals surface area (Å²) in [5, 5.41) is 15.3. The van der Waals surface area contributed by atoms with Crippen LogP contribution < -0.4 is 0 Å². The molecule has 0 spiro atoms. The molecule has 4 nitrogen and oxygen atoms in total. The Labute approximate surface area is 87.7 Å². The third-order valence-corrected chi connectivity index (χ3v) is 0.766.